The summed E-state index contributed by atoms with van der Waals surface area (Å²) in [4.78, 5) is 7.59. The van der Waals surface area contributed by atoms with E-state index in [-0.39, 0.29) is 6.90 Å². The molecule has 0 aliphatic carbocycles. The first-order valence-electron chi connectivity index (χ1n) is 3.60. The van der Waals surface area contributed by atoms with Crippen LogP contribution in [-0.4, -0.2) is 17.8 Å². The summed E-state index contributed by atoms with van der Waals surface area (Å²) in [5.74, 6) is 0. The molecule has 4 heteroatoms. The Morgan fingerprint density at radius 1 is 1.80 bits per heavy atom. The number of rotatable bonds is 1. The van der Waals surface area contributed by atoms with Crippen molar-refractivity contribution in [3.63, 3.8) is 0 Å². The molecule has 0 bridgehead atoms. The average molecular weight is 135 g/mol. The zero-order valence-electron chi connectivity index (χ0n) is 6.54. The van der Waals surface area contributed by atoms with Crippen LogP contribution in [0.4, 0.5) is 5.69 Å². The smallest absolute Gasteiger partial charge is 0.144 e. The Hall–Kier alpha value is -1.06. The van der Waals surface area contributed by atoms with Crippen LogP contribution in [0.2, 0.25) is 0 Å². The van der Waals surface area contributed by atoms with Crippen LogP contribution in [-0.2, 0) is 6.42 Å². The van der Waals surface area contributed by atoms with Crippen molar-refractivity contribution in [2.45, 2.75) is 13.3 Å². The lowest BCUT2D eigenvalue weighted by molar-refractivity contribution is 1.02. The molecule has 0 fully saturated rings. The second-order valence-corrected chi connectivity index (χ2v) is 1.87. The standard InChI is InChI=1S/C6H8BN3/c1-2-4-5(8)6(7)10-3-9-4/h3H,2,8H2,1H3/i1T. The van der Waals surface area contributed by atoms with Crippen molar-refractivity contribution < 1.29 is 1.37 Å². The molecule has 2 N–H and O–H groups in total. The van der Waals surface area contributed by atoms with Crippen LogP contribution in [0, 0.1) is 0 Å². The van der Waals surface area contributed by atoms with E-state index in [1.54, 1.807) is 0 Å². The van der Waals surface area contributed by atoms with Gasteiger partial charge in [-0.3, -0.25) is 4.98 Å². The van der Waals surface area contributed by atoms with Crippen LogP contribution in [0.25, 0.3) is 0 Å². The Bertz CT molecular complexity index is 254. The molecule has 0 aliphatic heterocycles. The van der Waals surface area contributed by atoms with Crippen molar-refractivity contribution in [2.24, 2.45) is 0 Å². The van der Waals surface area contributed by atoms with Crippen LogP contribution < -0.4 is 11.3 Å². The molecule has 3 nitrogen and oxygen atoms in total. The van der Waals surface area contributed by atoms with Gasteiger partial charge in [-0.25, -0.2) is 4.98 Å². The van der Waals surface area contributed by atoms with Gasteiger partial charge < -0.3 is 5.73 Å². The van der Waals surface area contributed by atoms with Crippen LogP contribution in [0.3, 0.4) is 0 Å². The van der Waals surface area contributed by atoms with Gasteiger partial charge in [-0.1, -0.05) is 6.90 Å². The van der Waals surface area contributed by atoms with Gasteiger partial charge in [0, 0.05) is 6.96 Å². The van der Waals surface area contributed by atoms with Crippen molar-refractivity contribution >= 4 is 19.1 Å². The molecule has 0 aromatic carbocycles. The maximum atomic E-state index is 6.95. The van der Waals surface area contributed by atoms with E-state index in [0.29, 0.717) is 23.4 Å². The summed E-state index contributed by atoms with van der Waals surface area (Å²) < 4.78 is 6.95. The van der Waals surface area contributed by atoms with Gasteiger partial charge in [0.05, 0.1) is 11.4 Å². The van der Waals surface area contributed by atoms with Gasteiger partial charge >= 0.3 is 0 Å². The Morgan fingerprint density at radius 3 is 3.30 bits per heavy atom. The zero-order valence-corrected chi connectivity index (χ0v) is 5.54. The highest BCUT2D eigenvalue weighted by molar-refractivity contribution is 6.33. The van der Waals surface area contributed by atoms with Gasteiger partial charge in [-0.05, 0) is 6.42 Å². The summed E-state index contributed by atoms with van der Waals surface area (Å²) in [6.07, 6.45) is 1.88. The molecule has 1 rings (SSSR count). The van der Waals surface area contributed by atoms with Crippen molar-refractivity contribution in [1.82, 2.24) is 9.97 Å². The third-order valence-corrected chi connectivity index (χ3v) is 1.23. The minimum absolute atomic E-state index is 0.265. The topological polar surface area (TPSA) is 51.8 Å². The molecule has 2 radical (unpaired) electrons. The lowest BCUT2D eigenvalue weighted by Gasteiger charge is -2.02. The number of nitrogen functional groups attached to an aromatic ring is 1. The highest BCUT2D eigenvalue weighted by Crippen LogP contribution is 2.01. The first-order chi connectivity index (χ1) is 5.25. The molecule has 0 atom stereocenters. The van der Waals surface area contributed by atoms with E-state index in [2.05, 4.69) is 9.97 Å². The summed E-state index contributed by atoms with van der Waals surface area (Å²) in [7, 11) is 5.41. The number of aryl methyl sites for hydroxylation is 1. The summed E-state index contributed by atoms with van der Waals surface area (Å²) in [6, 6.07) is 0. The normalized spacial score (nSPS) is 11.0. The van der Waals surface area contributed by atoms with E-state index in [1.807, 2.05) is 0 Å². The molecule has 0 aliphatic rings. The summed E-state index contributed by atoms with van der Waals surface area (Å²) in [6.45, 7) is 0.265. The van der Waals surface area contributed by atoms with Crippen molar-refractivity contribution in [2.75, 3.05) is 5.73 Å². The SMILES string of the molecule is [3H]CCc1ncnc([B])c1N. The molecule has 1 heterocycles. The average Bonchev–Trinajstić information content (AvgIpc) is 1.99. The Balaban J connectivity index is 2.96. The predicted molar refractivity (Wildman–Crippen MR) is 41.2 cm³/mol. The Labute approximate surface area is 62.5 Å². The number of nitrogens with zero attached hydrogens (tertiary/aromatic N) is 2. The molecule has 1 aromatic rings. The first-order valence-corrected chi connectivity index (χ1v) is 2.89. The van der Waals surface area contributed by atoms with E-state index in [1.165, 1.54) is 6.33 Å². The van der Waals surface area contributed by atoms with Crippen LogP contribution in [0.5, 0.6) is 0 Å². The second-order valence-electron chi connectivity index (χ2n) is 1.87. The van der Waals surface area contributed by atoms with Gasteiger partial charge in [-0.2, -0.15) is 0 Å². The molecular formula is C6H8BN3. The molecule has 0 unspecified atom stereocenters. The van der Waals surface area contributed by atoms with Crippen LogP contribution >= 0.6 is 0 Å². The van der Waals surface area contributed by atoms with Gasteiger partial charge in [0.15, 0.2) is 0 Å². The molecule has 0 saturated carbocycles. The molecule has 1 aromatic heterocycles. The Morgan fingerprint density at radius 2 is 2.60 bits per heavy atom. The maximum Gasteiger partial charge on any atom is 0.144 e. The van der Waals surface area contributed by atoms with Crippen LogP contribution in [0.1, 0.15) is 14.0 Å². The van der Waals surface area contributed by atoms with Gasteiger partial charge in [0.1, 0.15) is 14.2 Å². The van der Waals surface area contributed by atoms with E-state index < -0.39 is 0 Å². The number of hydrogen-bond donors (Lipinski definition) is 1. The molecule has 0 saturated heterocycles. The molecular weight excluding hydrogens is 125 g/mol. The van der Waals surface area contributed by atoms with Crippen molar-refractivity contribution in [3.8, 4) is 0 Å². The predicted octanol–water partition coefficient (Wildman–Crippen LogP) is -0.585. The number of hydrogen-bond acceptors (Lipinski definition) is 3. The fourth-order valence-corrected chi connectivity index (χ4v) is 0.647. The monoisotopic (exact) mass is 135 g/mol. The lowest BCUT2D eigenvalue weighted by Crippen LogP contribution is -2.17. The third-order valence-electron chi connectivity index (χ3n) is 1.23. The quantitative estimate of drug-likeness (QED) is 0.524. The molecule has 0 amide bonds. The van der Waals surface area contributed by atoms with Gasteiger partial charge in [0.25, 0.3) is 0 Å². The van der Waals surface area contributed by atoms with E-state index in [0.717, 1.165) is 0 Å². The highest BCUT2D eigenvalue weighted by atomic mass is 14.9. The summed E-state index contributed by atoms with van der Waals surface area (Å²) in [5.41, 5.74) is 6.89. The maximum absolute atomic E-state index is 6.95. The van der Waals surface area contributed by atoms with Crippen molar-refractivity contribution in [1.29, 1.82) is 0 Å². The van der Waals surface area contributed by atoms with E-state index in [9.17, 15) is 0 Å². The zero-order chi connectivity index (χ0) is 8.27. The summed E-state index contributed by atoms with van der Waals surface area (Å²) >= 11 is 0. The first kappa shape index (κ1) is 5.71. The molecule has 0 spiro atoms. The van der Waals surface area contributed by atoms with E-state index >= 15 is 0 Å². The number of anilines is 1. The second kappa shape index (κ2) is 2.69. The molecule has 50 valence electrons. The fourth-order valence-electron chi connectivity index (χ4n) is 0.647. The summed E-state index contributed by atoms with van der Waals surface area (Å²) in [5, 5.41) is 0. The van der Waals surface area contributed by atoms with Crippen molar-refractivity contribution in [3.05, 3.63) is 12.0 Å². The lowest BCUT2D eigenvalue weighted by atomic mass is 10.0. The number of nitrogens with two attached hydrogens (primary N) is 1. The largest absolute Gasteiger partial charge is 0.397 e. The van der Waals surface area contributed by atoms with Gasteiger partial charge in [0.2, 0.25) is 0 Å². The Kier molecular flexibility index (Phi) is 1.53. The van der Waals surface area contributed by atoms with E-state index in [4.69, 9.17) is 15.0 Å². The highest BCUT2D eigenvalue weighted by Gasteiger charge is 1.99. The minimum Gasteiger partial charge on any atom is -0.397 e. The fraction of sp³-hybridized carbons (Fsp3) is 0.333. The third kappa shape index (κ3) is 1.10. The van der Waals surface area contributed by atoms with Crippen LogP contribution in [0.15, 0.2) is 6.33 Å². The van der Waals surface area contributed by atoms with Gasteiger partial charge in [-0.15, -0.1) is 0 Å². The number of aromatic nitrogens is 2. The molecule has 10 heavy (non-hydrogen) atoms. The minimum atomic E-state index is 0.265.